The van der Waals surface area contributed by atoms with Crippen LogP contribution in [0.1, 0.15) is 20.3 Å². The standard InChI is InChI=1S/C13H25N3O2/c1-3-15-4-5-18-12(9-15)13(17)16-8-11(7-14)6-10(16)2/h10-12H,3-9,14H2,1-2H3. The third-order valence-electron chi connectivity index (χ3n) is 4.15. The zero-order valence-corrected chi connectivity index (χ0v) is 11.5. The first-order valence-corrected chi connectivity index (χ1v) is 7.00. The molecule has 2 rings (SSSR count). The number of hydrogen-bond donors (Lipinski definition) is 1. The van der Waals surface area contributed by atoms with Crippen LogP contribution < -0.4 is 5.73 Å². The molecule has 0 aliphatic carbocycles. The smallest absolute Gasteiger partial charge is 0.253 e. The molecule has 0 aromatic heterocycles. The second-order valence-electron chi connectivity index (χ2n) is 5.43. The van der Waals surface area contributed by atoms with Gasteiger partial charge in [-0.15, -0.1) is 0 Å². The number of morpholine rings is 1. The van der Waals surface area contributed by atoms with Crippen LogP contribution in [0.5, 0.6) is 0 Å². The number of carbonyl (C=O) groups is 1. The highest BCUT2D eigenvalue weighted by Crippen LogP contribution is 2.24. The Morgan fingerprint density at radius 3 is 2.83 bits per heavy atom. The number of rotatable bonds is 3. The van der Waals surface area contributed by atoms with Crippen LogP contribution in [0.4, 0.5) is 0 Å². The number of carbonyl (C=O) groups excluding carboxylic acids is 1. The Morgan fingerprint density at radius 1 is 1.44 bits per heavy atom. The van der Waals surface area contributed by atoms with E-state index in [0.29, 0.717) is 25.1 Å². The lowest BCUT2D eigenvalue weighted by atomic mass is 10.1. The van der Waals surface area contributed by atoms with Crippen molar-refractivity contribution in [3.8, 4) is 0 Å². The molecule has 2 saturated heterocycles. The lowest BCUT2D eigenvalue weighted by molar-refractivity contribution is -0.150. The van der Waals surface area contributed by atoms with Crippen molar-refractivity contribution in [3.05, 3.63) is 0 Å². The SMILES string of the molecule is CCN1CCOC(C(=O)N2CC(CN)CC2C)C1. The fraction of sp³-hybridized carbons (Fsp3) is 0.923. The molecule has 0 aromatic rings. The Bertz CT molecular complexity index is 298. The number of nitrogens with two attached hydrogens (primary N) is 1. The zero-order valence-electron chi connectivity index (χ0n) is 11.5. The predicted molar refractivity (Wildman–Crippen MR) is 70.2 cm³/mol. The first-order valence-electron chi connectivity index (χ1n) is 7.00. The van der Waals surface area contributed by atoms with Crippen LogP contribution >= 0.6 is 0 Å². The van der Waals surface area contributed by atoms with Crippen LogP contribution in [0.15, 0.2) is 0 Å². The van der Waals surface area contributed by atoms with Gasteiger partial charge in [-0.1, -0.05) is 6.92 Å². The number of nitrogens with zero attached hydrogens (tertiary/aromatic N) is 2. The molecule has 5 nitrogen and oxygen atoms in total. The van der Waals surface area contributed by atoms with E-state index in [1.165, 1.54) is 0 Å². The molecule has 0 bridgehead atoms. The van der Waals surface area contributed by atoms with Gasteiger partial charge in [-0.05, 0) is 32.4 Å². The van der Waals surface area contributed by atoms with Crippen LogP contribution in [0.25, 0.3) is 0 Å². The van der Waals surface area contributed by atoms with Gasteiger partial charge in [-0.2, -0.15) is 0 Å². The maximum atomic E-state index is 12.5. The van der Waals surface area contributed by atoms with Crippen molar-refractivity contribution in [2.75, 3.05) is 39.3 Å². The summed E-state index contributed by atoms with van der Waals surface area (Å²) in [5, 5.41) is 0. The highest BCUT2D eigenvalue weighted by molar-refractivity contribution is 5.82. The summed E-state index contributed by atoms with van der Waals surface area (Å²) in [6.45, 7) is 8.99. The molecule has 2 fully saturated rings. The molecule has 3 atom stereocenters. The normalized spacial score (nSPS) is 33.9. The average Bonchev–Trinajstić information content (AvgIpc) is 2.79. The van der Waals surface area contributed by atoms with Crippen LogP contribution in [0.2, 0.25) is 0 Å². The van der Waals surface area contributed by atoms with Crippen LogP contribution in [0, 0.1) is 5.92 Å². The Kier molecular flexibility index (Phi) is 4.59. The molecule has 2 heterocycles. The van der Waals surface area contributed by atoms with E-state index in [2.05, 4.69) is 18.7 Å². The van der Waals surface area contributed by atoms with Gasteiger partial charge < -0.3 is 15.4 Å². The summed E-state index contributed by atoms with van der Waals surface area (Å²) in [4.78, 5) is 16.7. The van der Waals surface area contributed by atoms with E-state index in [1.807, 2.05) is 4.90 Å². The molecule has 1 amide bonds. The van der Waals surface area contributed by atoms with Crippen molar-refractivity contribution in [1.29, 1.82) is 0 Å². The molecule has 2 aliphatic rings. The van der Waals surface area contributed by atoms with Crippen molar-refractivity contribution >= 4 is 5.91 Å². The number of hydrogen-bond acceptors (Lipinski definition) is 4. The minimum atomic E-state index is -0.280. The second kappa shape index (κ2) is 5.99. The summed E-state index contributed by atoms with van der Waals surface area (Å²) in [7, 11) is 0. The molecule has 2 N–H and O–H groups in total. The van der Waals surface area contributed by atoms with Crippen molar-refractivity contribution in [1.82, 2.24) is 9.80 Å². The highest BCUT2D eigenvalue weighted by atomic mass is 16.5. The van der Waals surface area contributed by atoms with Gasteiger partial charge in [-0.3, -0.25) is 9.69 Å². The highest BCUT2D eigenvalue weighted by Gasteiger charge is 2.37. The van der Waals surface area contributed by atoms with Crippen molar-refractivity contribution in [3.63, 3.8) is 0 Å². The molecule has 0 radical (unpaired) electrons. The molecule has 3 unspecified atom stereocenters. The van der Waals surface area contributed by atoms with Gasteiger partial charge in [0.15, 0.2) is 0 Å². The van der Waals surface area contributed by atoms with E-state index < -0.39 is 0 Å². The summed E-state index contributed by atoms with van der Waals surface area (Å²) in [6, 6.07) is 0.298. The molecule has 0 spiro atoms. The number of ether oxygens (including phenoxy) is 1. The van der Waals surface area contributed by atoms with Gasteiger partial charge in [0.1, 0.15) is 6.10 Å². The molecule has 104 valence electrons. The van der Waals surface area contributed by atoms with E-state index in [0.717, 1.165) is 32.6 Å². The second-order valence-corrected chi connectivity index (χ2v) is 5.43. The largest absolute Gasteiger partial charge is 0.366 e. The maximum Gasteiger partial charge on any atom is 0.253 e. The van der Waals surface area contributed by atoms with Crippen molar-refractivity contribution in [2.45, 2.75) is 32.4 Å². The average molecular weight is 255 g/mol. The first-order chi connectivity index (χ1) is 8.65. The molecular formula is C13H25N3O2. The third-order valence-corrected chi connectivity index (χ3v) is 4.15. The molecule has 0 aromatic carbocycles. The molecular weight excluding hydrogens is 230 g/mol. The summed E-state index contributed by atoms with van der Waals surface area (Å²) < 4.78 is 5.64. The molecule has 2 aliphatic heterocycles. The van der Waals surface area contributed by atoms with Gasteiger partial charge in [0.05, 0.1) is 6.61 Å². The van der Waals surface area contributed by atoms with Gasteiger partial charge >= 0.3 is 0 Å². The summed E-state index contributed by atoms with van der Waals surface area (Å²) in [6.07, 6.45) is 0.740. The van der Waals surface area contributed by atoms with Crippen molar-refractivity contribution in [2.24, 2.45) is 11.7 Å². The zero-order chi connectivity index (χ0) is 13.1. The fourth-order valence-corrected chi connectivity index (χ4v) is 2.94. The van der Waals surface area contributed by atoms with E-state index in [1.54, 1.807) is 0 Å². The van der Waals surface area contributed by atoms with Gasteiger partial charge in [0.25, 0.3) is 5.91 Å². The Morgan fingerprint density at radius 2 is 2.22 bits per heavy atom. The number of amides is 1. The van der Waals surface area contributed by atoms with E-state index in [-0.39, 0.29) is 12.0 Å². The minimum absolute atomic E-state index is 0.150. The lowest BCUT2D eigenvalue weighted by Crippen LogP contribution is -2.51. The van der Waals surface area contributed by atoms with E-state index >= 15 is 0 Å². The monoisotopic (exact) mass is 255 g/mol. The Balaban J connectivity index is 1.94. The topological polar surface area (TPSA) is 58.8 Å². The summed E-state index contributed by atoms with van der Waals surface area (Å²) in [5.74, 6) is 0.603. The first kappa shape index (κ1) is 13.8. The fourth-order valence-electron chi connectivity index (χ4n) is 2.94. The third kappa shape index (κ3) is 2.84. The lowest BCUT2D eigenvalue weighted by Gasteiger charge is -2.34. The predicted octanol–water partition coefficient (Wildman–Crippen LogP) is -0.0972. The number of likely N-dealkylation sites (tertiary alicyclic amines) is 1. The van der Waals surface area contributed by atoms with E-state index in [9.17, 15) is 4.79 Å². The minimum Gasteiger partial charge on any atom is -0.366 e. The molecule has 5 heteroatoms. The molecule has 18 heavy (non-hydrogen) atoms. The van der Waals surface area contributed by atoms with Gasteiger partial charge in [0.2, 0.25) is 0 Å². The Labute approximate surface area is 109 Å². The van der Waals surface area contributed by atoms with Crippen LogP contribution in [0.3, 0.4) is 0 Å². The summed E-state index contributed by atoms with van der Waals surface area (Å²) in [5.41, 5.74) is 5.70. The van der Waals surface area contributed by atoms with Crippen LogP contribution in [-0.2, 0) is 9.53 Å². The summed E-state index contributed by atoms with van der Waals surface area (Å²) >= 11 is 0. The maximum absolute atomic E-state index is 12.5. The van der Waals surface area contributed by atoms with E-state index in [4.69, 9.17) is 10.5 Å². The number of likely N-dealkylation sites (N-methyl/N-ethyl adjacent to an activating group) is 1. The van der Waals surface area contributed by atoms with Gasteiger partial charge in [0, 0.05) is 25.7 Å². The van der Waals surface area contributed by atoms with Gasteiger partial charge in [-0.25, -0.2) is 0 Å². The quantitative estimate of drug-likeness (QED) is 0.765. The Hall–Kier alpha value is -0.650. The molecule has 0 saturated carbocycles. The van der Waals surface area contributed by atoms with Crippen LogP contribution in [-0.4, -0.2) is 67.2 Å². The van der Waals surface area contributed by atoms with Crippen molar-refractivity contribution < 1.29 is 9.53 Å².